The lowest BCUT2D eigenvalue weighted by molar-refractivity contribution is 0.0659. The minimum absolute atomic E-state index is 0.0655. The number of hydrogen-bond donors (Lipinski definition) is 1. The number of carboxylic acids is 1. The first-order valence-electron chi connectivity index (χ1n) is 4.96. The molecule has 1 heterocycles. The number of nitrogens with zero attached hydrogens (tertiary/aromatic N) is 1. The van der Waals surface area contributed by atoms with Gasteiger partial charge >= 0.3 is 5.97 Å². The molecule has 1 aromatic heterocycles. The highest BCUT2D eigenvalue weighted by molar-refractivity contribution is 7.90. The fourth-order valence-corrected chi connectivity index (χ4v) is 1.89. The van der Waals surface area contributed by atoms with E-state index in [0.717, 1.165) is 0 Å². The van der Waals surface area contributed by atoms with Crippen molar-refractivity contribution in [3.8, 4) is 0 Å². The molecule has 96 valence electrons. The smallest absolute Gasteiger partial charge is 0.371 e. The molecule has 0 aromatic carbocycles. The van der Waals surface area contributed by atoms with Crippen LogP contribution in [0.1, 0.15) is 16.3 Å². The van der Waals surface area contributed by atoms with Crippen molar-refractivity contribution in [2.75, 3.05) is 25.6 Å². The summed E-state index contributed by atoms with van der Waals surface area (Å²) in [6.07, 6.45) is 1.18. The summed E-state index contributed by atoms with van der Waals surface area (Å²) in [6.45, 7) is 0.755. The zero-order valence-corrected chi connectivity index (χ0v) is 10.5. The van der Waals surface area contributed by atoms with E-state index in [-0.39, 0.29) is 11.5 Å². The number of carbonyl (C=O) groups is 1. The molecule has 1 N–H and O–H groups in total. The number of carboxylic acid groups (broad SMARTS) is 1. The fraction of sp³-hybridized carbons (Fsp3) is 0.500. The van der Waals surface area contributed by atoms with Crippen LogP contribution in [0.5, 0.6) is 0 Å². The summed E-state index contributed by atoms with van der Waals surface area (Å²) in [5, 5.41) is 8.66. The Morgan fingerprint density at radius 1 is 1.47 bits per heavy atom. The SMILES string of the molecule is CN(CCS(C)(=O)=O)Cc1ccc(C(=O)O)o1. The first-order chi connectivity index (χ1) is 7.78. The van der Waals surface area contributed by atoms with Crippen LogP contribution >= 0.6 is 0 Å². The lowest BCUT2D eigenvalue weighted by Crippen LogP contribution is -2.24. The molecule has 0 radical (unpaired) electrons. The number of rotatable bonds is 6. The maximum Gasteiger partial charge on any atom is 0.371 e. The van der Waals surface area contributed by atoms with E-state index in [1.165, 1.54) is 12.3 Å². The lowest BCUT2D eigenvalue weighted by Gasteiger charge is -2.13. The van der Waals surface area contributed by atoms with Gasteiger partial charge in [0, 0.05) is 12.8 Å². The number of furan rings is 1. The van der Waals surface area contributed by atoms with Crippen molar-refractivity contribution < 1.29 is 22.7 Å². The van der Waals surface area contributed by atoms with E-state index in [9.17, 15) is 13.2 Å². The van der Waals surface area contributed by atoms with Gasteiger partial charge in [-0.25, -0.2) is 13.2 Å². The summed E-state index contributed by atoms with van der Waals surface area (Å²) < 4.78 is 27.0. The minimum Gasteiger partial charge on any atom is -0.475 e. The van der Waals surface area contributed by atoms with Crippen LogP contribution in [0.25, 0.3) is 0 Å². The van der Waals surface area contributed by atoms with E-state index >= 15 is 0 Å². The summed E-state index contributed by atoms with van der Waals surface area (Å²) >= 11 is 0. The first kappa shape index (κ1) is 13.7. The molecular weight excluding hydrogens is 246 g/mol. The second-order valence-electron chi connectivity index (χ2n) is 3.94. The molecule has 0 amide bonds. The van der Waals surface area contributed by atoms with E-state index < -0.39 is 15.8 Å². The molecule has 0 bridgehead atoms. The van der Waals surface area contributed by atoms with Crippen LogP contribution in [0, 0.1) is 0 Å². The van der Waals surface area contributed by atoms with Gasteiger partial charge in [-0.2, -0.15) is 0 Å². The van der Waals surface area contributed by atoms with E-state index in [2.05, 4.69) is 0 Å². The lowest BCUT2D eigenvalue weighted by atomic mass is 10.4. The summed E-state index contributed by atoms with van der Waals surface area (Å²) in [5.74, 6) is -0.666. The molecule has 1 rings (SSSR count). The Kier molecular flexibility index (Phi) is 4.30. The van der Waals surface area contributed by atoms with Crippen LogP contribution in [0.2, 0.25) is 0 Å². The van der Waals surface area contributed by atoms with Crippen molar-refractivity contribution in [3.05, 3.63) is 23.7 Å². The Morgan fingerprint density at radius 2 is 2.12 bits per heavy atom. The largest absolute Gasteiger partial charge is 0.475 e. The zero-order chi connectivity index (χ0) is 13.1. The van der Waals surface area contributed by atoms with Gasteiger partial charge in [0.05, 0.1) is 12.3 Å². The summed E-state index contributed by atoms with van der Waals surface area (Å²) in [4.78, 5) is 12.3. The third-order valence-corrected chi connectivity index (χ3v) is 3.07. The Balaban J connectivity index is 2.50. The van der Waals surface area contributed by atoms with Gasteiger partial charge in [0.25, 0.3) is 0 Å². The van der Waals surface area contributed by atoms with Gasteiger partial charge in [0.2, 0.25) is 5.76 Å². The summed E-state index contributed by atoms with van der Waals surface area (Å²) in [5.41, 5.74) is 0. The summed E-state index contributed by atoms with van der Waals surface area (Å²) in [6, 6.07) is 2.95. The molecule has 0 atom stereocenters. The van der Waals surface area contributed by atoms with E-state index in [1.54, 1.807) is 18.0 Å². The van der Waals surface area contributed by atoms with E-state index in [4.69, 9.17) is 9.52 Å². The van der Waals surface area contributed by atoms with Gasteiger partial charge in [-0.3, -0.25) is 4.90 Å². The van der Waals surface area contributed by atoms with Crippen LogP contribution in [0.15, 0.2) is 16.5 Å². The van der Waals surface area contributed by atoms with Crippen LogP contribution in [0.3, 0.4) is 0 Å². The van der Waals surface area contributed by atoms with Crippen LogP contribution in [-0.4, -0.2) is 50.0 Å². The van der Waals surface area contributed by atoms with E-state index in [1.807, 2.05) is 0 Å². The van der Waals surface area contributed by atoms with Crippen molar-refractivity contribution in [1.82, 2.24) is 4.90 Å². The molecule has 0 aliphatic carbocycles. The average molecular weight is 261 g/mol. The van der Waals surface area contributed by atoms with Gasteiger partial charge in [0.15, 0.2) is 0 Å². The van der Waals surface area contributed by atoms with Crippen LogP contribution in [0.4, 0.5) is 0 Å². The predicted octanol–water partition coefficient (Wildman–Crippen LogP) is 0.454. The quantitative estimate of drug-likeness (QED) is 0.800. The second kappa shape index (κ2) is 5.33. The third-order valence-electron chi connectivity index (χ3n) is 2.14. The van der Waals surface area contributed by atoms with Gasteiger partial charge in [-0.05, 0) is 19.2 Å². The Morgan fingerprint density at radius 3 is 2.59 bits per heavy atom. The molecule has 0 fully saturated rings. The van der Waals surface area contributed by atoms with Crippen molar-refractivity contribution in [1.29, 1.82) is 0 Å². The topological polar surface area (TPSA) is 87.8 Å². The predicted molar refractivity (Wildman–Crippen MR) is 61.7 cm³/mol. The molecular formula is C10H15NO5S. The van der Waals surface area contributed by atoms with Crippen molar-refractivity contribution in [2.45, 2.75) is 6.54 Å². The molecule has 1 aromatic rings. The normalized spacial score (nSPS) is 11.9. The Bertz CT molecular complexity index is 491. The molecule has 0 spiro atoms. The number of aromatic carboxylic acids is 1. The van der Waals surface area contributed by atoms with E-state index in [0.29, 0.717) is 18.8 Å². The monoisotopic (exact) mass is 261 g/mol. The molecule has 0 unspecified atom stereocenters. The molecule has 6 nitrogen and oxygen atoms in total. The highest BCUT2D eigenvalue weighted by Gasteiger charge is 2.11. The van der Waals surface area contributed by atoms with Crippen molar-refractivity contribution in [3.63, 3.8) is 0 Å². The van der Waals surface area contributed by atoms with Gasteiger partial charge in [0.1, 0.15) is 15.6 Å². The standard InChI is InChI=1S/C10H15NO5S/c1-11(5-6-17(2,14)15)7-8-3-4-9(16-8)10(12)13/h3-4H,5-7H2,1-2H3,(H,12,13). The molecule has 0 saturated carbocycles. The molecule has 0 saturated heterocycles. The fourth-order valence-electron chi connectivity index (χ4n) is 1.24. The Labute approximate surface area is 99.8 Å². The van der Waals surface area contributed by atoms with Crippen LogP contribution in [-0.2, 0) is 16.4 Å². The molecule has 0 aliphatic rings. The molecule has 17 heavy (non-hydrogen) atoms. The maximum absolute atomic E-state index is 11.0. The number of sulfone groups is 1. The van der Waals surface area contributed by atoms with Gasteiger partial charge < -0.3 is 9.52 Å². The highest BCUT2D eigenvalue weighted by Crippen LogP contribution is 2.09. The third kappa shape index (κ3) is 5.01. The maximum atomic E-state index is 11.0. The zero-order valence-electron chi connectivity index (χ0n) is 9.71. The van der Waals surface area contributed by atoms with Gasteiger partial charge in [-0.15, -0.1) is 0 Å². The Hall–Kier alpha value is -1.34. The average Bonchev–Trinajstić information content (AvgIpc) is 2.62. The number of hydrogen-bond acceptors (Lipinski definition) is 5. The molecule has 7 heteroatoms. The highest BCUT2D eigenvalue weighted by atomic mass is 32.2. The summed E-state index contributed by atoms with van der Waals surface area (Å²) in [7, 11) is -1.24. The van der Waals surface area contributed by atoms with Gasteiger partial charge in [-0.1, -0.05) is 0 Å². The van der Waals surface area contributed by atoms with Crippen molar-refractivity contribution in [2.24, 2.45) is 0 Å². The minimum atomic E-state index is -2.99. The van der Waals surface area contributed by atoms with Crippen LogP contribution < -0.4 is 0 Å². The first-order valence-corrected chi connectivity index (χ1v) is 7.02. The molecule has 0 aliphatic heterocycles. The second-order valence-corrected chi connectivity index (χ2v) is 6.20. The van der Waals surface area contributed by atoms with Crippen molar-refractivity contribution >= 4 is 15.8 Å².